The molecule has 1 amide bonds. The number of amides is 1. The first-order chi connectivity index (χ1) is 15.6. The molecule has 3 aromatic rings. The van der Waals surface area contributed by atoms with Gasteiger partial charge in [0, 0.05) is 49.1 Å². The van der Waals surface area contributed by atoms with E-state index in [1.165, 1.54) is 0 Å². The Morgan fingerprint density at radius 1 is 0.781 bits per heavy atom. The largest absolute Gasteiger partial charge is 0.497 e. The first-order valence-corrected chi connectivity index (χ1v) is 10.6. The molecule has 1 fully saturated rings. The van der Waals surface area contributed by atoms with E-state index in [9.17, 15) is 9.59 Å². The highest BCUT2D eigenvalue weighted by atomic mass is 16.5. The van der Waals surface area contributed by atoms with Crippen molar-refractivity contribution in [3.63, 3.8) is 0 Å². The Morgan fingerprint density at radius 2 is 1.47 bits per heavy atom. The zero-order valence-corrected chi connectivity index (χ0v) is 18.1. The molecule has 1 saturated heterocycles. The summed E-state index contributed by atoms with van der Waals surface area (Å²) in [5.74, 6) is 1.31. The van der Waals surface area contributed by atoms with E-state index < -0.39 is 0 Å². The number of nitrogens with zero attached hydrogens (tertiary/aromatic N) is 2. The average Bonchev–Trinajstić information content (AvgIpc) is 2.88. The summed E-state index contributed by atoms with van der Waals surface area (Å²) in [4.78, 5) is 29.1. The van der Waals surface area contributed by atoms with Crippen LogP contribution in [-0.2, 0) is 4.79 Å². The molecular formula is C26H26N2O4. The molecular weight excluding hydrogens is 404 g/mol. The van der Waals surface area contributed by atoms with Gasteiger partial charge in [0.05, 0.1) is 7.11 Å². The fraction of sp³-hybridized carbons (Fsp3) is 0.231. The molecule has 6 heteroatoms. The number of benzene rings is 3. The lowest BCUT2D eigenvalue weighted by atomic mass is 10.0. The van der Waals surface area contributed by atoms with Crippen molar-refractivity contribution in [2.24, 2.45) is 0 Å². The summed E-state index contributed by atoms with van der Waals surface area (Å²) < 4.78 is 11.0. The fourth-order valence-electron chi connectivity index (χ4n) is 3.72. The SMILES string of the molecule is COc1cccc(N2CCN(C(=O)COc3ccc(C(=O)c4ccccc4)cc3)CC2)c1. The molecule has 0 aromatic heterocycles. The van der Waals surface area contributed by atoms with Gasteiger partial charge in [-0.1, -0.05) is 36.4 Å². The van der Waals surface area contributed by atoms with Gasteiger partial charge in [0.25, 0.3) is 5.91 Å². The quantitative estimate of drug-likeness (QED) is 0.536. The third-order valence-electron chi connectivity index (χ3n) is 5.57. The smallest absolute Gasteiger partial charge is 0.260 e. The van der Waals surface area contributed by atoms with Crippen LogP contribution in [0.4, 0.5) is 5.69 Å². The van der Waals surface area contributed by atoms with Crippen molar-refractivity contribution in [1.29, 1.82) is 0 Å². The number of hydrogen-bond acceptors (Lipinski definition) is 5. The molecule has 0 saturated carbocycles. The van der Waals surface area contributed by atoms with Crippen LogP contribution in [0, 0.1) is 0 Å². The number of carbonyl (C=O) groups is 2. The van der Waals surface area contributed by atoms with Gasteiger partial charge in [0.2, 0.25) is 0 Å². The van der Waals surface area contributed by atoms with Crippen molar-refractivity contribution < 1.29 is 19.1 Å². The second-order valence-electron chi connectivity index (χ2n) is 7.58. The monoisotopic (exact) mass is 430 g/mol. The predicted molar refractivity (Wildman–Crippen MR) is 124 cm³/mol. The summed E-state index contributed by atoms with van der Waals surface area (Å²) in [5, 5.41) is 0. The highest BCUT2D eigenvalue weighted by molar-refractivity contribution is 6.08. The van der Waals surface area contributed by atoms with Crippen molar-refractivity contribution in [2.75, 3.05) is 44.8 Å². The maximum atomic E-state index is 12.6. The number of piperazine rings is 1. The molecule has 0 bridgehead atoms. The molecule has 1 aliphatic heterocycles. The molecule has 6 nitrogen and oxygen atoms in total. The number of anilines is 1. The summed E-state index contributed by atoms with van der Waals surface area (Å²) in [5.41, 5.74) is 2.32. The van der Waals surface area contributed by atoms with Gasteiger partial charge in [0.15, 0.2) is 12.4 Å². The van der Waals surface area contributed by atoms with E-state index in [1.807, 2.05) is 41.3 Å². The molecule has 0 unspecified atom stereocenters. The molecule has 32 heavy (non-hydrogen) atoms. The zero-order chi connectivity index (χ0) is 22.3. The van der Waals surface area contributed by atoms with E-state index in [0.29, 0.717) is 30.0 Å². The van der Waals surface area contributed by atoms with Gasteiger partial charge in [-0.25, -0.2) is 0 Å². The van der Waals surface area contributed by atoms with Crippen molar-refractivity contribution in [3.8, 4) is 11.5 Å². The summed E-state index contributed by atoms with van der Waals surface area (Å²) in [6.45, 7) is 2.78. The topological polar surface area (TPSA) is 59.1 Å². The van der Waals surface area contributed by atoms with Crippen LogP contribution in [0.15, 0.2) is 78.9 Å². The Morgan fingerprint density at radius 3 is 2.16 bits per heavy atom. The number of carbonyl (C=O) groups excluding carboxylic acids is 2. The molecule has 164 valence electrons. The van der Waals surface area contributed by atoms with Crippen LogP contribution in [0.25, 0.3) is 0 Å². The zero-order valence-electron chi connectivity index (χ0n) is 18.1. The number of rotatable bonds is 7. The van der Waals surface area contributed by atoms with E-state index in [1.54, 1.807) is 43.5 Å². The predicted octanol–water partition coefficient (Wildman–Crippen LogP) is 3.65. The second kappa shape index (κ2) is 10.0. The average molecular weight is 431 g/mol. The van der Waals surface area contributed by atoms with E-state index in [2.05, 4.69) is 11.0 Å². The van der Waals surface area contributed by atoms with Crippen LogP contribution in [0.1, 0.15) is 15.9 Å². The van der Waals surface area contributed by atoms with Crippen LogP contribution in [0.2, 0.25) is 0 Å². The highest BCUT2D eigenvalue weighted by Crippen LogP contribution is 2.22. The Balaban J connectivity index is 1.26. The van der Waals surface area contributed by atoms with Gasteiger partial charge in [-0.15, -0.1) is 0 Å². The minimum atomic E-state index is -0.0419. The molecule has 0 radical (unpaired) electrons. The fourth-order valence-corrected chi connectivity index (χ4v) is 3.72. The van der Waals surface area contributed by atoms with Crippen molar-refractivity contribution >= 4 is 17.4 Å². The molecule has 4 rings (SSSR count). The summed E-state index contributed by atoms with van der Waals surface area (Å²) in [6.07, 6.45) is 0. The van der Waals surface area contributed by atoms with E-state index in [4.69, 9.17) is 9.47 Å². The van der Waals surface area contributed by atoms with Crippen LogP contribution in [-0.4, -0.2) is 56.5 Å². The lowest BCUT2D eigenvalue weighted by molar-refractivity contribution is -0.133. The Kier molecular flexibility index (Phi) is 6.70. The summed E-state index contributed by atoms with van der Waals surface area (Å²) in [7, 11) is 1.66. The molecule has 0 atom stereocenters. The minimum Gasteiger partial charge on any atom is -0.497 e. The Bertz CT molecular complexity index is 1060. The number of methoxy groups -OCH3 is 1. The number of ketones is 1. The molecule has 1 heterocycles. The van der Waals surface area contributed by atoms with E-state index in [-0.39, 0.29) is 18.3 Å². The van der Waals surface area contributed by atoms with Gasteiger partial charge in [0.1, 0.15) is 11.5 Å². The van der Waals surface area contributed by atoms with Gasteiger partial charge in [-0.3, -0.25) is 9.59 Å². The summed E-state index contributed by atoms with van der Waals surface area (Å²) in [6, 6.07) is 24.0. The maximum absolute atomic E-state index is 12.6. The molecule has 3 aromatic carbocycles. The standard InChI is InChI=1S/C26H26N2O4/c1-31-24-9-5-8-22(18-24)27-14-16-28(17-15-27)25(29)19-32-23-12-10-21(11-13-23)26(30)20-6-3-2-4-7-20/h2-13,18H,14-17,19H2,1H3. The summed E-state index contributed by atoms with van der Waals surface area (Å²) >= 11 is 0. The van der Waals surface area contributed by atoms with Crippen LogP contribution >= 0.6 is 0 Å². The number of ether oxygens (including phenoxy) is 2. The van der Waals surface area contributed by atoms with Crippen molar-refractivity contribution in [3.05, 3.63) is 90.0 Å². The molecule has 0 N–H and O–H groups in total. The molecule has 0 aliphatic carbocycles. The van der Waals surface area contributed by atoms with Gasteiger partial charge in [-0.05, 0) is 36.4 Å². The van der Waals surface area contributed by atoms with Gasteiger partial charge >= 0.3 is 0 Å². The van der Waals surface area contributed by atoms with Crippen LogP contribution in [0.3, 0.4) is 0 Å². The Labute approximate surface area is 188 Å². The van der Waals surface area contributed by atoms with Gasteiger partial charge in [-0.2, -0.15) is 0 Å². The first-order valence-electron chi connectivity index (χ1n) is 10.6. The third kappa shape index (κ3) is 5.09. The van der Waals surface area contributed by atoms with Crippen LogP contribution in [0.5, 0.6) is 11.5 Å². The highest BCUT2D eigenvalue weighted by Gasteiger charge is 2.22. The third-order valence-corrected chi connectivity index (χ3v) is 5.57. The van der Waals surface area contributed by atoms with Crippen molar-refractivity contribution in [2.45, 2.75) is 0 Å². The number of hydrogen-bond donors (Lipinski definition) is 0. The van der Waals surface area contributed by atoms with Crippen LogP contribution < -0.4 is 14.4 Å². The lowest BCUT2D eigenvalue weighted by Crippen LogP contribution is -2.50. The normalized spacial score (nSPS) is 13.5. The molecule has 1 aliphatic rings. The minimum absolute atomic E-state index is 0.0227. The van der Waals surface area contributed by atoms with E-state index >= 15 is 0 Å². The van der Waals surface area contributed by atoms with Crippen molar-refractivity contribution in [1.82, 2.24) is 4.90 Å². The van der Waals surface area contributed by atoms with E-state index in [0.717, 1.165) is 24.5 Å². The first kappa shape index (κ1) is 21.4. The molecule has 0 spiro atoms. The van der Waals surface area contributed by atoms with Gasteiger partial charge < -0.3 is 19.3 Å². The second-order valence-corrected chi connectivity index (χ2v) is 7.58. The Hall–Kier alpha value is -3.80. The lowest BCUT2D eigenvalue weighted by Gasteiger charge is -2.36. The maximum Gasteiger partial charge on any atom is 0.260 e.